The van der Waals surface area contributed by atoms with E-state index in [0.717, 1.165) is 22.4 Å². The van der Waals surface area contributed by atoms with E-state index in [1.54, 1.807) is 10.6 Å². The van der Waals surface area contributed by atoms with E-state index in [9.17, 15) is 4.79 Å². The highest BCUT2D eigenvalue weighted by molar-refractivity contribution is 5.72. The molecule has 0 radical (unpaired) electrons. The molecule has 4 heteroatoms. The lowest BCUT2D eigenvalue weighted by molar-refractivity contribution is 0.294. The maximum Gasteiger partial charge on any atom is 0.420 e. The first kappa shape index (κ1) is 13.5. The monoisotopic (exact) mass is 283 g/mol. The van der Waals surface area contributed by atoms with Gasteiger partial charge in [0.2, 0.25) is 0 Å². The second-order valence-electron chi connectivity index (χ2n) is 5.16. The van der Waals surface area contributed by atoms with Gasteiger partial charge in [-0.3, -0.25) is 4.57 Å². The molecule has 3 rings (SSSR count). The molecular weight excluding hydrogens is 266 g/mol. The first-order valence-electron chi connectivity index (χ1n) is 6.93. The fourth-order valence-electron chi connectivity index (χ4n) is 2.50. The molecule has 0 bridgehead atoms. The van der Waals surface area contributed by atoms with Crippen LogP contribution >= 0.6 is 0 Å². The summed E-state index contributed by atoms with van der Waals surface area (Å²) in [6, 6.07) is 13.5. The van der Waals surface area contributed by atoms with Crippen molar-refractivity contribution in [3.63, 3.8) is 0 Å². The molecule has 108 valence electrons. The molecule has 21 heavy (non-hydrogen) atoms. The van der Waals surface area contributed by atoms with Crippen molar-refractivity contribution in [2.24, 2.45) is 0 Å². The van der Waals surface area contributed by atoms with Crippen molar-refractivity contribution in [1.29, 1.82) is 0 Å². The highest BCUT2D eigenvalue weighted by atomic mass is 16.5. The van der Waals surface area contributed by atoms with Gasteiger partial charge in [-0.25, -0.2) is 4.79 Å². The van der Waals surface area contributed by atoms with Gasteiger partial charge in [0.1, 0.15) is 12.4 Å². The predicted octanol–water partition coefficient (Wildman–Crippen LogP) is 3.29. The van der Waals surface area contributed by atoms with E-state index in [0.29, 0.717) is 18.7 Å². The fourth-order valence-corrected chi connectivity index (χ4v) is 2.50. The maximum atomic E-state index is 11.8. The third kappa shape index (κ3) is 2.84. The second kappa shape index (κ2) is 5.48. The van der Waals surface area contributed by atoms with E-state index in [2.05, 4.69) is 6.07 Å². The summed E-state index contributed by atoms with van der Waals surface area (Å²) < 4.78 is 12.5. The van der Waals surface area contributed by atoms with Crippen LogP contribution in [0.1, 0.15) is 11.1 Å². The Morgan fingerprint density at radius 2 is 1.81 bits per heavy atom. The molecule has 1 aromatic heterocycles. The molecule has 0 saturated heterocycles. The van der Waals surface area contributed by atoms with E-state index in [4.69, 9.17) is 9.15 Å². The number of fused-ring (bicyclic) bond motifs is 1. The van der Waals surface area contributed by atoms with Crippen LogP contribution in [0.3, 0.4) is 0 Å². The van der Waals surface area contributed by atoms with Crippen LogP contribution < -0.4 is 10.5 Å². The lowest BCUT2D eigenvalue weighted by Gasteiger charge is -2.08. The molecule has 4 nitrogen and oxygen atoms in total. The van der Waals surface area contributed by atoms with E-state index >= 15 is 0 Å². The number of hydrogen-bond acceptors (Lipinski definition) is 3. The second-order valence-corrected chi connectivity index (χ2v) is 5.16. The van der Waals surface area contributed by atoms with E-state index in [-0.39, 0.29) is 5.76 Å². The summed E-state index contributed by atoms with van der Waals surface area (Å²) in [5.74, 6) is 0.480. The Hall–Kier alpha value is -2.49. The molecule has 1 heterocycles. The van der Waals surface area contributed by atoms with Gasteiger partial charge in [-0.1, -0.05) is 18.2 Å². The smallest absolute Gasteiger partial charge is 0.420 e. The molecular formula is C17H17NO3. The van der Waals surface area contributed by atoms with Crippen LogP contribution in [0.15, 0.2) is 51.7 Å². The Balaban J connectivity index is 1.75. The summed E-state index contributed by atoms with van der Waals surface area (Å²) in [5, 5.41) is 0. The average molecular weight is 283 g/mol. The third-order valence-corrected chi connectivity index (χ3v) is 3.35. The molecule has 0 spiro atoms. The average Bonchev–Trinajstić information content (AvgIpc) is 2.74. The maximum absolute atomic E-state index is 11.8. The molecule has 0 aliphatic carbocycles. The number of hydrogen-bond donors (Lipinski definition) is 0. The quantitative estimate of drug-likeness (QED) is 0.738. The van der Waals surface area contributed by atoms with Crippen molar-refractivity contribution < 1.29 is 9.15 Å². The minimum absolute atomic E-state index is 0.347. The van der Waals surface area contributed by atoms with E-state index in [1.807, 2.05) is 44.2 Å². The summed E-state index contributed by atoms with van der Waals surface area (Å²) in [7, 11) is 0. The van der Waals surface area contributed by atoms with Gasteiger partial charge < -0.3 is 9.15 Å². The zero-order chi connectivity index (χ0) is 14.8. The Morgan fingerprint density at radius 3 is 2.57 bits per heavy atom. The Morgan fingerprint density at radius 1 is 1.10 bits per heavy atom. The molecule has 0 aliphatic heterocycles. The number of nitrogens with zero attached hydrogens (tertiary/aromatic N) is 1. The minimum atomic E-state index is -0.347. The lowest BCUT2D eigenvalue weighted by atomic mass is 10.1. The van der Waals surface area contributed by atoms with Crippen molar-refractivity contribution >= 4 is 11.1 Å². The number of aromatic nitrogens is 1. The first-order chi connectivity index (χ1) is 10.1. The number of benzene rings is 2. The topological polar surface area (TPSA) is 44.4 Å². The molecule has 0 aliphatic rings. The van der Waals surface area contributed by atoms with Crippen LogP contribution in [0.4, 0.5) is 0 Å². The molecule has 0 amide bonds. The van der Waals surface area contributed by atoms with E-state index in [1.165, 1.54) is 0 Å². The Bertz CT molecular complexity index is 809. The molecule has 2 aromatic carbocycles. The molecule has 0 N–H and O–H groups in total. The van der Waals surface area contributed by atoms with Crippen LogP contribution in [0.2, 0.25) is 0 Å². The number of para-hydroxylation sites is 2. The van der Waals surface area contributed by atoms with Crippen molar-refractivity contribution in [1.82, 2.24) is 4.57 Å². The van der Waals surface area contributed by atoms with Gasteiger partial charge in [0.15, 0.2) is 5.58 Å². The highest BCUT2D eigenvalue weighted by Gasteiger charge is 2.08. The van der Waals surface area contributed by atoms with Crippen LogP contribution in [-0.2, 0) is 6.54 Å². The molecule has 0 unspecified atom stereocenters. The fraction of sp³-hybridized carbons (Fsp3) is 0.235. The van der Waals surface area contributed by atoms with Crippen LogP contribution in [0, 0.1) is 13.8 Å². The summed E-state index contributed by atoms with van der Waals surface area (Å²) in [6.07, 6.45) is 0. The van der Waals surface area contributed by atoms with Gasteiger partial charge in [-0.2, -0.15) is 0 Å². The van der Waals surface area contributed by atoms with Gasteiger partial charge in [-0.15, -0.1) is 0 Å². The van der Waals surface area contributed by atoms with E-state index < -0.39 is 0 Å². The standard InChI is InChI=1S/C17H17NO3/c1-12-9-13(2)11-14(10-12)20-8-7-18-15-5-3-4-6-16(15)21-17(18)19/h3-6,9-11H,7-8H2,1-2H3. The zero-order valence-electron chi connectivity index (χ0n) is 12.1. The molecule has 0 atom stereocenters. The number of aryl methyl sites for hydroxylation is 2. The van der Waals surface area contributed by atoms with Crippen LogP contribution in [-0.4, -0.2) is 11.2 Å². The highest BCUT2D eigenvalue weighted by Crippen LogP contribution is 2.16. The van der Waals surface area contributed by atoms with Crippen molar-refractivity contribution in [3.05, 3.63) is 64.1 Å². The summed E-state index contributed by atoms with van der Waals surface area (Å²) >= 11 is 0. The lowest BCUT2D eigenvalue weighted by Crippen LogP contribution is -2.18. The molecule has 3 aromatic rings. The Kier molecular flexibility index (Phi) is 3.52. The summed E-state index contributed by atoms with van der Waals surface area (Å²) in [6.45, 7) is 4.96. The largest absolute Gasteiger partial charge is 0.492 e. The summed E-state index contributed by atoms with van der Waals surface area (Å²) in [4.78, 5) is 11.8. The summed E-state index contributed by atoms with van der Waals surface area (Å²) in [5.41, 5.74) is 3.73. The van der Waals surface area contributed by atoms with Crippen molar-refractivity contribution in [2.75, 3.05) is 6.61 Å². The predicted molar refractivity (Wildman–Crippen MR) is 81.9 cm³/mol. The molecule has 0 saturated carbocycles. The SMILES string of the molecule is Cc1cc(C)cc(OCCn2c(=O)oc3ccccc32)c1. The normalized spacial score (nSPS) is 11.0. The van der Waals surface area contributed by atoms with Gasteiger partial charge in [0.25, 0.3) is 0 Å². The van der Waals surface area contributed by atoms with Gasteiger partial charge in [0, 0.05) is 0 Å². The van der Waals surface area contributed by atoms with Crippen molar-refractivity contribution in [2.45, 2.75) is 20.4 Å². The van der Waals surface area contributed by atoms with Gasteiger partial charge in [0.05, 0.1) is 12.1 Å². The van der Waals surface area contributed by atoms with Gasteiger partial charge in [-0.05, 0) is 49.2 Å². The van der Waals surface area contributed by atoms with Crippen LogP contribution in [0.5, 0.6) is 5.75 Å². The van der Waals surface area contributed by atoms with Crippen LogP contribution in [0.25, 0.3) is 11.1 Å². The first-order valence-corrected chi connectivity index (χ1v) is 6.93. The number of oxazole rings is 1. The number of rotatable bonds is 4. The van der Waals surface area contributed by atoms with Crippen molar-refractivity contribution in [3.8, 4) is 5.75 Å². The Labute approximate surface area is 122 Å². The van der Waals surface area contributed by atoms with Gasteiger partial charge >= 0.3 is 5.76 Å². The number of ether oxygens (including phenoxy) is 1. The third-order valence-electron chi connectivity index (χ3n) is 3.35. The molecule has 0 fully saturated rings. The minimum Gasteiger partial charge on any atom is -0.492 e. The zero-order valence-corrected chi connectivity index (χ0v) is 12.1.